The average molecular weight is 382 g/mol. The van der Waals surface area contributed by atoms with Crippen molar-refractivity contribution in [1.29, 1.82) is 0 Å². The largest absolute Gasteiger partial charge is 0.420 e. The first-order chi connectivity index (χ1) is 12.9. The number of aryl methyl sites for hydroxylation is 1. The fraction of sp³-hybridized carbons (Fsp3) is 0.190. The summed E-state index contributed by atoms with van der Waals surface area (Å²) in [5.41, 5.74) is 1.96. The number of hydrogen-bond donors (Lipinski definition) is 1. The second-order valence-electron chi connectivity index (χ2n) is 6.55. The van der Waals surface area contributed by atoms with Crippen LogP contribution in [-0.2, 0) is 9.84 Å². The summed E-state index contributed by atoms with van der Waals surface area (Å²) < 4.78 is 31.8. The summed E-state index contributed by atoms with van der Waals surface area (Å²) in [5.74, 6) is 0.381. The molecule has 0 atom stereocenters. The number of nitrogens with zero attached hydrogens (tertiary/aromatic N) is 1. The molecule has 6 heteroatoms. The summed E-state index contributed by atoms with van der Waals surface area (Å²) in [6.07, 6.45) is 3.49. The number of sulfone groups is 1. The minimum Gasteiger partial charge on any atom is -0.420 e. The molecule has 5 nitrogen and oxygen atoms in total. The van der Waals surface area contributed by atoms with Crippen molar-refractivity contribution in [3.05, 3.63) is 71.6 Å². The molecule has 0 amide bonds. The van der Waals surface area contributed by atoms with E-state index < -0.39 is 9.84 Å². The molecule has 3 rings (SSSR count). The van der Waals surface area contributed by atoms with Gasteiger partial charge >= 0.3 is 0 Å². The Balaban J connectivity index is 2.01. The van der Waals surface area contributed by atoms with Gasteiger partial charge in [-0.25, -0.2) is 8.42 Å². The third kappa shape index (κ3) is 4.46. The fourth-order valence-electron chi connectivity index (χ4n) is 2.49. The lowest BCUT2D eigenvalue weighted by molar-refractivity contribution is 0.550. The van der Waals surface area contributed by atoms with E-state index in [4.69, 9.17) is 4.42 Å². The monoisotopic (exact) mass is 382 g/mol. The van der Waals surface area contributed by atoms with E-state index in [2.05, 4.69) is 10.3 Å². The van der Waals surface area contributed by atoms with Crippen LogP contribution in [0.4, 0.5) is 5.88 Å². The van der Waals surface area contributed by atoms with E-state index in [0.717, 1.165) is 11.1 Å². The molecule has 0 aliphatic rings. The Hall–Kier alpha value is -2.86. The molecule has 3 aromatic rings. The molecule has 0 aliphatic carbocycles. The topological polar surface area (TPSA) is 72.2 Å². The highest BCUT2D eigenvalue weighted by molar-refractivity contribution is 7.91. The second-order valence-corrected chi connectivity index (χ2v) is 8.41. The van der Waals surface area contributed by atoms with Gasteiger partial charge in [-0.3, -0.25) is 0 Å². The number of hydrogen-bond acceptors (Lipinski definition) is 5. The molecule has 27 heavy (non-hydrogen) atoms. The van der Waals surface area contributed by atoms with Crippen molar-refractivity contribution >= 4 is 27.9 Å². The quantitative estimate of drug-likeness (QED) is 0.662. The Morgan fingerprint density at radius 1 is 1.00 bits per heavy atom. The molecule has 0 unspecified atom stereocenters. The van der Waals surface area contributed by atoms with E-state index in [-0.39, 0.29) is 27.7 Å². The highest BCUT2D eigenvalue weighted by Crippen LogP contribution is 2.29. The van der Waals surface area contributed by atoms with Crippen molar-refractivity contribution in [3.8, 4) is 0 Å². The maximum atomic E-state index is 13.0. The van der Waals surface area contributed by atoms with Gasteiger partial charge in [-0.15, -0.1) is 0 Å². The second kappa shape index (κ2) is 7.80. The summed E-state index contributed by atoms with van der Waals surface area (Å²) in [7, 11) is -3.80. The predicted octanol–water partition coefficient (Wildman–Crippen LogP) is 4.81. The molecule has 0 fully saturated rings. The van der Waals surface area contributed by atoms with E-state index in [1.165, 1.54) is 0 Å². The van der Waals surface area contributed by atoms with Gasteiger partial charge in [0.1, 0.15) is 0 Å². The molecular weight excluding hydrogens is 360 g/mol. The lowest BCUT2D eigenvalue weighted by Crippen LogP contribution is -2.13. The number of aromatic nitrogens is 1. The van der Waals surface area contributed by atoms with Crippen LogP contribution in [0, 0.1) is 6.92 Å². The lowest BCUT2D eigenvalue weighted by atomic mass is 10.2. The minimum atomic E-state index is -3.80. The van der Waals surface area contributed by atoms with Gasteiger partial charge in [-0.05, 0) is 44.5 Å². The Bertz CT molecular complexity index is 1030. The molecule has 140 valence electrons. The van der Waals surface area contributed by atoms with Crippen LogP contribution < -0.4 is 5.32 Å². The maximum absolute atomic E-state index is 13.0. The first-order valence-electron chi connectivity index (χ1n) is 8.68. The third-order valence-electron chi connectivity index (χ3n) is 3.84. The fourth-order valence-corrected chi connectivity index (χ4v) is 3.76. The zero-order chi connectivity index (χ0) is 19.4. The summed E-state index contributed by atoms with van der Waals surface area (Å²) in [6, 6.07) is 16.3. The van der Waals surface area contributed by atoms with Crippen molar-refractivity contribution in [3.63, 3.8) is 0 Å². The Morgan fingerprint density at radius 2 is 1.67 bits per heavy atom. The van der Waals surface area contributed by atoms with Crippen LogP contribution in [0.15, 0.2) is 68.9 Å². The number of benzene rings is 2. The molecule has 2 aromatic carbocycles. The zero-order valence-corrected chi connectivity index (χ0v) is 16.3. The highest BCUT2D eigenvalue weighted by atomic mass is 32.2. The third-order valence-corrected chi connectivity index (χ3v) is 5.51. The van der Waals surface area contributed by atoms with Crippen molar-refractivity contribution < 1.29 is 12.8 Å². The van der Waals surface area contributed by atoms with Gasteiger partial charge in [0.2, 0.25) is 26.6 Å². The SMILES string of the molecule is Cc1ccc(S(=O)(=O)c2nc(/C=C/c3ccccc3)oc2NC(C)C)cc1. The van der Waals surface area contributed by atoms with E-state index in [1.807, 2.05) is 57.2 Å². The van der Waals surface area contributed by atoms with E-state index in [0.29, 0.717) is 0 Å². The Kier molecular flexibility index (Phi) is 5.46. The smallest absolute Gasteiger partial charge is 0.234 e. The van der Waals surface area contributed by atoms with Crippen LogP contribution in [0.3, 0.4) is 0 Å². The van der Waals surface area contributed by atoms with Crippen molar-refractivity contribution in [2.24, 2.45) is 0 Å². The van der Waals surface area contributed by atoms with Gasteiger partial charge in [-0.1, -0.05) is 48.0 Å². The Labute approximate surface area is 159 Å². The van der Waals surface area contributed by atoms with Crippen LogP contribution in [0.5, 0.6) is 0 Å². The molecule has 0 bridgehead atoms. The lowest BCUT2D eigenvalue weighted by Gasteiger charge is -2.08. The molecule has 0 saturated heterocycles. The van der Waals surface area contributed by atoms with E-state index >= 15 is 0 Å². The number of oxazole rings is 1. The summed E-state index contributed by atoms with van der Waals surface area (Å²) >= 11 is 0. The van der Waals surface area contributed by atoms with Gasteiger partial charge in [0.15, 0.2) is 0 Å². The first-order valence-corrected chi connectivity index (χ1v) is 10.2. The summed E-state index contributed by atoms with van der Waals surface area (Å²) in [5, 5.41) is 2.93. The zero-order valence-electron chi connectivity index (χ0n) is 15.5. The number of rotatable bonds is 6. The van der Waals surface area contributed by atoms with Crippen molar-refractivity contribution in [1.82, 2.24) is 4.98 Å². The molecule has 1 aromatic heterocycles. The van der Waals surface area contributed by atoms with Gasteiger partial charge in [0.25, 0.3) is 0 Å². The number of anilines is 1. The molecule has 0 radical (unpaired) electrons. The maximum Gasteiger partial charge on any atom is 0.234 e. The van der Waals surface area contributed by atoms with Crippen LogP contribution in [0.1, 0.15) is 30.9 Å². The molecule has 0 spiro atoms. The van der Waals surface area contributed by atoms with Crippen LogP contribution in [0.2, 0.25) is 0 Å². The van der Waals surface area contributed by atoms with Crippen LogP contribution in [-0.4, -0.2) is 19.4 Å². The normalized spacial score (nSPS) is 12.0. The molecular formula is C21H22N2O3S. The van der Waals surface area contributed by atoms with Crippen LogP contribution >= 0.6 is 0 Å². The summed E-state index contributed by atoms with van der Waals surface area (Å²) in [4.78, 5) is 4.43. The molecule has 1 N–H and O–H groups in total. The Morgan fingerprint density at radius 3 is 2.30 bits per heavy atom. The van der Waals surface area contributed by atoms with Gasteiger partial charge in [0, 0.05) is 12.1 Å². The van der Waals surface area contributed by atoms with Crippen molar-refractivity contribution in [2.75, 3.05) is 5.32 Å². The van der Waals surface area contributed by atoms with E-state index in [1.54, 1.807) is 30.3 Å². The highest BCUT2D eigenvalue weighted by Gasteiger charge is 2.27. The summed E-state index contributed by atoms with van der Waals surface area (Å²) in [6.45, 7) is 5.72. The molecule has 0 saturated carbocycles. The van der Waals surface area contributed by atoms with E-state index in [9.17, 15) is 8.42 Å². The van der Waals surface area contributed by atoms with Gasteiger partial charge < -0.3 is 9.73 Å². The predicted molar refractivity (Wildman–Crippen MR) is 107 cm³/mol. The van der Waals surface area contributed by atoms with Crippen LogP contribution in [0.25, 0.3) is 12.2 Å². The van der Waals surface area contributed by atoms with Crippen molar-refractivity contribution in [2.45, 2.75) is 36.7 Å². The first kappa shape index (κ1) is 18.9. The molecule has 1 heterocycles. The minimum absolute atomic E-state index is 0.00382. The molecule has 0 aliphatic heterocycles. The van der Waals surface area contributed by atoms with Gasteiger partial charge in [0.05, 0.1) is 4.90 Å². The average Bonchev–Trinajstić information content (AvgIpc) is 3.04. The van der Waals surface area contributed by atoms with Gasteiger partial charge in [-0.2, -0.15) is 4.98 Å². The standard InChI is InChI=1S/C21H22N2O3S/c1-15(2)22-20-21(27(24,25)18-12-9-16(3)10-13-18)23-19(26-20)14-11-17-7-5-4-6-8-17/h4-15,22H,1-3H3/b14-11+. The number of nitrogens with one attached hydrogen (secondary N) is 1.